The number of nitrogens with one attached hydrogen (secondary N) is 7. The predicted octanol–water partition coefficient (Wildman–Crippen LogP) is 17.8. The number of aromatic nitrogens is 4. The van der Waals surface area contributed by atoms with Gasteiger partial charge in [-0.15, -0.1) is 0 Å². The number of ketones is 5. The molecular weight excluding hydrogens is 1820 g/mol. The topological polar surface area (TPSA) is 344 Å². The number of halogens is 10. The highest BCUT2D eigenvalue weighted by molar-refractivity contribution is 9.09. The summed E-state index contributed by atoms with van der Waals surface area (Å²) in [4.78, 5) is 103. The summed E-state index contributed by atoms with van der Waals surface area (Å²) in [5.74, 6) is 3.09. The van der Waals surface area contributed by atoms with Gasteiger partial charge in [0.1, 0.15) is 16.2 Å². The molecule has 0 saturated heterocycles. The second-order valence-corrected chi connectivity index (χ2v) is 35.6. The highest BCUT2D eigenvalue weighted by atomic mass is 79.9. The maximum Gasteiger partial charge on any atom is 0.268 e. The molecule has 10 aromatic rings. The Kier molecular flexibility index (Phi) is 46.2. The van der Waals surface area contributed by atoms with Gasteiger partial charge in [0.25, 0.3) is 19.4 Å². The number of Topliss-reactive ketones (excluding diaryl/α,β-unsaturated/α-hetero) is 5. The van der Waals surface area contributed by atoms with Crippen molar-refractivity contribution in [3.63, 3.8) is 0 Å². The lowest BCUT2D eigenvalue weighted by atomic mass is 10.0. The molecule has 0 aliphatic rings. The largest absolute Gasteiger partial charge is 0.394 e. The lowest BCUT2D eigenvalue weighted by Crippen LogP contribution is -2.53. The fraction of sp³-hybridized carbons (Fsp3) is 0.310. The zero-order valence-electron chi connectivity index (χ0n) is 66.8. The van der Waals surface area contributed by atoms with E-state index < -0.39 is 47.9 Å². The minimum atomic E-state index is -2.07. The normalized spacial score (nSPS) is 12.0. The summed E-state index contributed by atoms with van der Waals surface area (Å²) in [6, 6.07) is 51.0. The summed E-state index contributed by atoms with van der Waals surface area (Å²) in [6.45, 7) is 7.67. The first-order valence-electron chi connectivity index (χ1n) is 36.5. The molecule has 4 aromatic heterocycles. The maximum atomic E-state index is 13.0. The number of hydrogen-bond donors (Lipinski definition) is 12. The number of aliphatic hydroxyl groups is 3. The Balaban J connectivity index is 0.000000397. The van der Waals surface area contributed by atoms with Crippen molar-refractivity contribution < 1.29 is 48.9 Å². The van der Waals surface area contributed by atoms with Crippen LogP contribution in [0.4, 0.5) is 0 Å². The molecule has 0 aliphatic carbocycles. The third-order valence-corrected chi connectivity index (χ3v) is 20.5. The zero-order valence-corrected chi connectivity index (χ0v) is 76.1. The number of benzene rings is 6. The highest BCUT2D eigenvalue weighted by Crippen LogP contribution is 2.34. The van der Waals surface area contributed by atoms with Crippen molar-refractivity contribution in [3.8, 4) is 0 Å². The lowest BCUT2D eigenvalue weighted by molar-refractivity contribution is 0.0904. The van der Waals surface area contributed by atoms with Crippen molar-refractivity contribution in [2.24, 2.45) is 11.6 Å². The fourth-order valence-corrected chi connectivity index (χ4v) is 13.0. The molecule has 14 N–H and O–H groups in total. The third kappa shape index (κ3) is 35.8. The second kappa shape index (κ2) is 52.1. The summed E-state index contributed by atoms with van der Waals surface area (Å²) in [5, 5.41) is 40.2. The fourth-order valence-electron chi connectivity index (χ4n) is 10.8. The van der Waals surface area contributed by atoms with Gasteiger partial charge in [0.15, 0.2) is 22.5 Å². The van der Waals surface area contributed by atoms with E-state index in [9.17, 15) is 43.8 Å². The molecule has 0 aliphatic heterocycles. The molecule has 6 aromatic carbocycles. The van der Waals surface area contributed by atoms with Crippen molar-refractivity contribution in [1.29, 1.82) is 0 Å². The van der Waals surface area contributed by atoms with Crippen molar-refractivity contribution in [2.45, 2.75) is 104 Å². The van der Waals surface area contributed by atoms with E-state index >= 15 is 0 Å². The number of rotatable bonds is 27. The van der Waals surface area contributed by atoms with Crippen LogP contribution >= 0.6 is 133 Å². The molecule has 121 heavy (non-hydrogen) atoms. The van der Waals surface area contributed by atoms with Crippen molar-refractivity contribution in [1.82, 2.24) is 55.6 Å². The lowest BCUT2D eigenvalue weighted by Gasteiger charge is -2.32. The van der Waals surface area contributed by atoms with E-state index in [4.69, 9.17) is 133 Å². The van der Waals surface area contributed by atoms with Crippen molar-refractivity contribution in [2.75, 3.05) is 69.2 Å². The number of nitrogens with zero attached hydrogens (tertiary/aromatic N) is 4. The molecular formula is C87H105BrCl9N13O10S. The van der Waals surface area contributed by atoms with E-state index in [0.717, 1.165) is 56.6 Å². The number of carbonyl (C=O) groups is 7. The average molecular weight is 1920 g/mol. The average Bonchev–Trinajstić information content (AvgIpc) is 1.82. The van der Waals surface area contributed by atoms with Crippen LogP contribution in [0.3, 0.4) is 0 Å². The summed E-state index contributed by atoms with van der Waals surface area (Å²) in [6.07, 6.45) is 6.38. The minimum absolute atomic E-state index is 0. The number of aromatic amines is 4. The first-order chi connectivity index (χ1) is 56.0. The van der Waals surface area contributed by atoms with Crippen LogP contribution in [0.5, 0.6) is 0 Å². The number of carbonyl (C=O) groups excluding carboxylic acids is 7. The maximum absolute atomic E-state index is 13.0. The predicted molar refractivity (Wildman–Crippen MR) is 500 cm³/mol. The van der Waals surface area contributed by atoms with Gasteiger partial charge in [0.05, 0.1) is 49.3 Å². The van der Waals surface area contributed by atoms with Gasteiger partial charge in [-0.3, -0.25) is 38.6 Å². The molecule has 0 bridgehead atoms. The number of aliphatic hydroxyl groups excluding tert-OH is 3. The van der Waals surface area contributed by atoms with E-state index in [2.05, 4.69) is 51.8 Å². The Morgan fingerprint density at radius 3 is 1.17 bits per heavy atom. The number of amides is 2. The van der Waals surface area contributed by atoms with Gasteiger partial charge in [0, 0.05) is 102 Å². The van der Waals surface area contributed by atoms with E-state index in [-0.39, 0.29) is 93.5 Å². The van der Waals surface area contributed by atoms with Gasteiger partial charge in [-0.1, -0.05) is 263 Å². The molecule has 4 atom stereocenters. The van der Waals surface area contributed by atoms with Gasteiger partial charge in [-0.2, -0.15) is 0 Å². The number of H-pyrrole nitrogens is 4. The Morgan fingerprint density at radius 1 is 0.471 bits per heavy atom. The van der Waals surface area contributed by atoms with Crippen LogP contribution < -0.4 is 27.5 Å². The molecule has 0 spiro atoms. The first-order valence-corrected chi connectivity index (χ1v) is 41.3. The van der Waals surface area contributed by atoms with Crippen LogP contribution in [0.2, 0.25) is 15.1 Å². The molecule has 0 radical (unpaired) electrons. The Hall–Kier alpha value is -7.81. The molecule has 0 saturated carbocycles. The standard InChI is InChI=1S/C24H25BrClN3O3.C24H26ClN3O3.C17H16Cl4N2O2.C8H11NO.C6H4Cl3NO.C6H15N3S.2CH4/c1-29(2)13-17-9-8-16(10-19(17)26)22(25)23(31)18-11-20(27-12-18)24(32)28-21(14-30)15-6-4-3-5-7-15;1-28(2)14-18-9-8-16(10-20(18)25)11-23(30)19-12-21(26-13-19)24(31)27-22(15-29)17-6-4-3-5-7-17;1-23(2)9-11-4-3-10(5-13(11)18)6-15(24)12-7-14(22-8-12)16(25)17(19,20)21;9-8(6-10)7-4-2-1-3-5-7;7-6(8,9)5(11)4-2-1-3-10-4;1-6(2,3)9(7)5(10)8-4;;/h3-12,21-22,27,30H,13-14H2,1-2H3,(H,28,32);3-10,12-13,22,26,29H,11,14-15H2,1-2H3,(H,27,31);3-5,7-8,22H,6,9H2,1-2H3;1-5,8,10H,6,9H2;1-3,10H;7H2,1-4H3,(H,8,10);2*1H4. The Labute approximate surface area is 766 Å². The summed E-state index contributed by atoms with van der Waals surface area (Å²) in [7, 11) is 13.5. The van der Waals surface area contributed by atoms with Gasteiger partial charge < -0.3 is 71.6 Å². The first kappa shape index (κ1) is 107. The molecule has 4 heterocycles. The summed E-state index contributed by atoms with van der Waals surface area (Å²) >= 11 is 60.1. The zero-order chi connectivity index (χ0) is 88.6. The Bertz CT molecular complexity index is 4930. The van der Waals surface area contributed by atoms with E-state index in [1.165, 1.54) is 41.8 Å². The smallest absolute Gasteiger partial charge is 0.268 e. The van der Waals surface area contributed by atoms with Crippen LogP contribution in [0.25, 0.3) is 0 Å². The van der Waals surface area contributed by atoms with Gasteiger partial charge in [-0.05, 0) is 174 Å². The van der Waals surface area contributed by atoms with Crippen LogP contribution in [0.15, 0.2) is 201 Å². The van der Waals surface area contributed by atoms with E-state index in [0.29, 0.717) is 55.7 Å². The molecule has 0 fully saturated rings. The van der Waals surface area contributed by atoms with E-state index in [1.54, 1.807) is 37.5 Å². The number of nitrogens with two attached hydrogens (primary N) is 2. The number of hydrazine groups is 1. The monoisotopic (exact) mass is 1920 g/mol. The van der Waals surface area contributed by atoms with Crippen molar-refractivity contribution in [3.05, 3.63) is 305 Å². The summed E-state index contributed by atoms with van der Waals surface area (Å²) < 4.78 is -3.94. The number of thiocarbonyl (C=S) groups is 1. The minimum Gasteiger partial charge on any atom is -0.394 e. The highest BCUT2D eigenvalue weighted by Gasteiger charge is 2.34. The molecule has 23 nitrogen and oxygen atoms in total. The molecule has 654 valence electrons. The van der Waals surface area contributed by atoms with Gasteiger partial charge >= 0.3 is 0 Å². The van der Waals surface area contributed by atoms with E-state index in [1.807, 2.05) is 211 Å². The van der Waals surface area contributed by atoms with Crippen LogP contribution in [-0.4, -0.2) is 183 Å². The van der Waals surface area contributed by atoms with Crippen molar-refractivity contribution >= 4 is 178 Å². The van der Waals surface area contributed by atoms with Crippen LogP contribution in [0, 0.1) is 0 Å². The second-order valence-electron chi connectivity index (χ2n) is 28.5. The van der Waals surface area contributed by atoms with Gasteiger partial charge in [0.2, 0.25) is 11.6 Å². The molecule has 10 rings (SSSR count). The Morgan fingerprint density at radius 2 is 0.835 bits per heavy atom. The molecule has 34 heteroatoms. The number of hydrogen-bond acceptors (Lipinski definition) is 16. The molecule has 2 amide bonds. The van der Waals surface area contributed by atoms with Crippen LogP contribution in [0.1, 0.15) is 182 Å². The summed E-state index contributed by atoms with van der Waals surface area (Å²) in [5.41, 5.74) is 15.3. The van der Waals surface area contributed by atoms with Gasteiger partial charge in [-0.25, -0.2) is 5.84 Å². The van der Waals surface area contributed by atoms with Crippen LogP contribution in [-0.2, 0) is 32.5 Å². The molecule has 4 unspecified atom stereocenters. The SMILES string of the molecule is C.C.CN(C)Cc1ccc(C(Br)C(=O)c2c[nH]c(C(=O)NC(CO)c3ccccc3)c2)cc1Cl.CN(C)Cc1ccc(CC(=O)c2c[nH]c(C(=O)C(Cl)(Cl)Cl)c2)cc1Cl.CN(C)Cc1ccc(CC(=O)c2c[nH]c(C(=O)NC(CO)c3ccccc3)c2)cc1Cl.CNC(=S)N(N)C(C)(C)C.NC(CO)c1ccccc1.O=C(c1ccc[nH]1)C(Cl)(Cl)Cl. The third-order valence-electron chi connectivity index (χ3n) is 17.1. The number of alkyl halides is 7. The quantitative estimate of drug-likeness (QED) is 0.00748.